The molecule has 0 aliphatic rings. The lowest BCUT2D eigenvalue weighted by molar-refractivity contribution is 0.432. The Kier molecular flexibility index (Phi) is 3.00. The molecule has 19 heavy (non-hydrogen) atoms. The zero-order valence-electron chi connectivity index (χ0n) is 9.63. The van der Waals surface area contributed by atoms with Crippen molar-refractivity contribution in [2.24, 2.45) is 0 Å². The Bertz CT molecular complexity index is 717. The van der Waals surface area contributed by atoms with E-state index in [1.165, 1.54) is 11.3 Å². The van der Waals surface area contributed by atoms with E-state index in [2.05, 4.69) is 26.1 Å². The molecule has 2 aromatic heterocycles. The highest BCUT2D eigenvalue weighted by atomic mass is 79.9. The zero-order valence-corrected chi connectivity index (χ0v) is 12.0. The molecule has 0 bridgehead atoms. The first-order valence-corrected chi connectivity index (χ1v) is 6.98. The molecule has 0 aliphatic carbocycles. The van der Waals surface area contributed by atoms with Crippen molar-refractivity contribution in [2.45, 2.75) is 0 Å². The highest BCUT2D eigenvalue weighted by Crippen LogP contribution is 2.31. The van der Waals surface area contributed by atoms with Gasteiger partial charge >= 0.3 is 0 Å². The lowest BCUT2D eigenvalue weighted by atomic mass is 10.2. The molecule has 2 heterocycles. The number of aromatic nitrogens is 2. The van der Waals surface area contributed by atoms with Crippen LogP contribution in [-0.2, 0) is 0 Å². The van der Waals surface area contributed by atoms with Crippen molar-refractivity contribution in [3.05, 3.63) is 34.1 Å². The summed E-state index contributed by atoms with van der Waals surface area (Å²) in [6.45, 7) is 0. The van der Waals surface area contributed by atoms with E-state index in [0.29, 0.717) is 28.7 Å². The number of nitrogens with two attached hydrogens (primary N) is 2. The van der Waals surface area contributed by atoms with Crippen LogP contribution in [0.25, 0.3) is 22.2 Å². The number of thiophene rings is 1. The number of halogens is 1. The van der Waals surface area contributed by atoms with Crippen molar-refractivity contribution < 1.29 is 4.52 Å². The maximum absolute atomic E-state index is 5.74. The molecule has 0 amide bonds. The molecule has 3 aromatic rings. The fourth-order valence-electron chi connectivity index (χ4n) is 1.68. The van der Waals surface area contributed by atoms with Crippen molar-refractivity contribution >= 4 is 38.6 Å². The van der Waals surface area contributed by atoms with E-state index in [0.717, 1.165) is 8.66 Å². The minimum atomic E-state index is 0.401. The van der Waals surface area contributed by atoms with Crippen molar-refractivity contribution in [2.75, 3.05) is 11.5 Å². The highest BCUT2D eigenvalue weighted by molar-refractivity contribution is 9.11. The molecule has 0 aliphatic heterocycles. The van der Waals surface area contributed by atoms with Gasteiger partial charge in [-0.3, -0.25) is 0 Å². The second-order valence-corrected chi connectivity index (χ2v) is 6.38. The molecule has 4 N–H and O–H groups in total. The lowest BCUT2D eigenvalue weighted by Gasteiger charge is -1.99. The van der Waals surface area contributed by atoms with E-state index in [1.54, 1.807) is 18.2 Å². The van der Waals surface area contributed by atoms with E-state index in [-0.39, 0.29) is 0 Å². The normalized spacial score (nSPS) is 10.8. The fraction of sp³-hybridized carbons (Fsp3) is 0. The topological polar surface area (TPSA) is 91.0 Å². The molecule has 0 unspecified atom stereocenters. The summed E-state index contributed by atoms with van der Waals surface area (Å²) < 4.78 is 6.26. The van der Waals surface area contributed by atoms with E-state index in [4.69, 9.17) is 16.0 Å². The molecule has 0 spiro atoms. The number of nitrogen functional groups attached to an aromatic ring is 2. The van der Waals surface area contributed by atoms with Crippen molar-refractivity contribution in [1.29, 1.82) is 0 Å². The first-order valence-electron chi connectivity index (χ1n) is 5.37. The minimum absolute atomic E-state index is 0.401. The SMILES string of the molecule is Nc1cc(N)cc(-c2nc(-c3ccc(Br)s3)no2)c1. The van der Waals surface area contributed by atoms with E-state index in [1.807, 2.05) is 12.1 Å². The highest BCUT2D eigenvalue weighted by Gasteiger charge is 2.12. The van der Waals surface area contributed by atoms with Crippen LogP contribution < -0.4 is 11.5 Å². The van der Waals surface area contributed by atoms with Crippen LogP contribution in [0.1, 0.15) is 0 Å². The Morgan fingerprint density at radius 3 is 2.47 bits per heavy atom. The number of benzene rings is 1. The Labute approximate surface area is 121 Å². The second kappa shape index (κ2) is 4.67. The number of rotatable bonds is 2. The molecule has 7 heteroatoms. The molecule has 1 aromatic carbocycles. The average molecular weight is 337 g/mol. The van der Waals surface area contributed by atoms with E-state index >= 15 is 0 Å². The van der Waals surface area contributed by atoms with Crippen LogP contribution in [0, 0.1) is 0 Å². The van der Waals surface area contributed by atoms with Gasteiger partial charge in [0.05, 0.1) is 8.66 Å². The summed E-state index contributed by atoms with van der Waals surface area (Å²) in [6, 6.07) is 9.04. The summed E-state index contributed by atoms with van der Waals surface area (Å²) in [5.41, 5.74) is 13.3. The lowest BCUT2D eigenvalue weighted by Crippen LogP contribution is -1.91. The van der Waals surface area contributed by atoms with Gasteiger partial charge in [0.2, 0.25) is 5.82 Å². The van der Waals surface area contributed by atoms with Crippen LogP contribution in [0.15, 0.2) is 38.6 Å². The Morgan fingerprint density at radius 1 is 1.11 bits per heavy atom. The predicted molar refractivity (Wildman–Crippen MR) is 79.6 cm³/mol. The molecule has 0 radical (unpaired) electrons. The van der Waals surface area contributed by atoms with Gasteiger partial charge in [-0.1, -0.05) is 5.16 Å². The minimum Gasteiger partial charge on any atom is -0.399 e. The maximum atomic E-state index is 5.74. The standard InChI is InChI=1S/C12H9BrN4OS/c13-10-2-1-9(19-10)11-16-12(18-17-11)6-3-7(14)5-8(15)4-6/h1-5H,14-15H2. The quantitative estimate of drug-likeness (QED) is 0.700. The average Bonchev–Trinajstić information content (AvgIpc) is 2.95. The molecule has 0 atom stereocenters. The van der Waals surface area contributed by atoms with Gasteiger partial charge in [-0.2, -0.15) is 4.98 Å². The van der Waals surface area contributed by atoms with Gasteiger partial charge in [0.15, 0.2) is 0 Å². The third kappa shape index (κ3) is 2.47. The molecule has 5 nitrogen and oxygen atoms in total. The Balaban J connectivity index is 2.01. The van der Waals surface area contributed by atoms with Crippen LogP contribution in [0.3, 0.4) is 0 Å². The molecular weight excluding hydrogens is 328 g/mol. The summed E-state index contributed by atoms with van der Waals surface area (Å²) >= 11 is 4.94. The van der Waals surface area contributed by atoms with Crippen LogP contribution in [0.4, 0.5) is 11.4 Å². The molecule has 3 rings (SSSR count). The van der Waals surface area contributed by atoms with Gasteiger partial charge < -0.3 is 16.0 Å². The van der Waals surface area contributed by atoms with Gasteiger partial charge in [0.25, 0.3) is 5.89 Å². The molecule has 96 valence electrons. The summed E-state index contributed by atoms with van der Waals surface area (Å²) in [4.78, 5) is 5.28. The summed E-state index contributed by atoms with van der Waals surface area (Å²) in [7, 11) is 0. The van der Waals surface area contributed by atoms with Gasteiger partial charge in [0, 0.05) is 16.9 Å². The smallest absolute Gasteiger partial charge is 0.258 e. The number of anilines is 2. The number of hydrogen-bond acceptors (Lipinski definition) is 6. The van der Waals surface area contributed by atoms with Crippen molar-refractivity contribution in [1.82, 2.24) is 10.1 Å². The predicted octanol–water partition coefficient (Wildman–Crippen LogP) is 3.39. The first-order chi connectivity index (χ1) is 9.11. The summed E-state index contributed by atoms with van der Waals surface area (Å²) in [6.07, 6.45) is 0. The van der Waals surface area contributed by atoms with Crippen LogP contribution in [0.2, 0.25) is 0 Å². The summed E-state index contributed by atoms with van der Waals surface area (Å²) in [5, 5.41) is 3.96. The van der Waals surface area contributed by atoms with Crippen LogP contribution in [-0.4, -0.2) is 10.1 Å². The first kappa shape index (κ1) is 12.2. The molecule has 0 fully saturated rings. The monoisotopic (exact) mass is 336 g/mol. The third-order valence-corrected chi connectivity index (χ3v) is 4.06. The number of nitrogens with zero attached hydrogens (tertiary/aromatic N) is 2. The molecular formula is C12H9BrN4OS. The zero-order chi connectivity index (χ0) is 13.4. The fourth-order valence-corrected chi connectivity index (χ4v) is 2.99. The van der Waals surface area contributed by atoms with Gasteiger partial charge in [-0.05, 0) is 46.3 Å². The van der Waals surface area contributed by atoms with Crippen molar-refractivity contribution in [3.8, 4) is 22.2 Å². The van der Waals surface area contributed by atoms with Crippen molar-refractivity contribution in [3.63, 3.8) is 0 Å². The van der Waals surface area contributed by atoms with Crippen LogP contribution in [0.5, 0.6) is 0 Å². The van der Waals surface area contributed by atoms with Gasteiger partial charge in [0.1, 0.15) is 0 Å². The van der Waals surface area contributed by atoms with Gasteiger partial charge in [-0.15, -0.1) is 11.3 Å². The molecule has 0 saturated heterocycles. The van der Waals surface area contributed by atoms with Gasteiger partial charge in [-0.25, -0.2) is 0 Å². The Morgan fingerprint density at radius 2 is 1.84 bits per heavy atom. The number of hydrogen-bond donors (Lipinski definition) is 2. The largest absolute Gasteiger partial charge is 0.399 e. The summed E-state index contributed by atoms with van der Waals surface area (Å²) in [5.74, 6) is 0.949. The maximum Gasteiger partial charge on any atom is 0.258 e. The second-order valence-electron chi connectivity index (χ2n) is 3.92. The van der Waals surface area contributed by atoms with E-state index in [9.17, 15) is 0 Å². The Hall–Kier alpha value is -1.86. The third-order valence-electron chi connectivity index (χ3n) is 2.44. The van der Waals surface area contributed by atoms with Crippen LogP contribution >= 0.6 is 27.3 Å². The molecule has 0 saturated carbocycles. The van der Waals surface area contributed by atoms with E-state index < -0.39 is 0 Å².